The highest BCUT2D eigenvalue weighted by Crippen LogP contribution is 2.37. The zero-order valence-electron chi connectivity index (χ0n) is 12.0. The summed E-state index contributed by atoms with van der Waals surface area (Å²) in [6, 6.07) is 6.41. The van der Waals surface area contributed by atoms with Crippen LogP contribution in [0.3, 0.4) is 0 Å². The predicted octanol–water partition coefficient (Wildman–Crippen LogP) is 4.58. The van der Waals surface area contributed by atoms with Crippen LogP contribution < -0.4 is 10.1 Å². The normalized spacial score (nSPS) is 14.2. The number of fused-ring (bicyclic) bond motifs is 1. The Morgan fingerprint density at radius 3 is 2.54 bits per heavy atom. The first-order valence-electron chi connectivity index (χ1n) is 6.79. The van der Waals surface area contributed by atoms with Crippen molar-refractivity contribution in [2.24, 2.45) is 0 Å². The Bertz CT molecular complexity index is 784. The monoisotopic (exact) mass is 373 g/mol. The van der Waals surface area contributed by atoms with Crippen LogP contribution >= 0.6 is 23.1 Å². The van der Waals surface area contributed by atoms with Gasteiger partial charge in [-0.25, -0.2) is 0 Å². The molecule has 2 heterocycles. The second-order valence-corrected chi connectivity index (χ2v) is 7.28. The summed E-state index contributed by atoms with van der Waals surface area (Å²) in [6.45, 7) is 0. The molecule has 0 saturated carbocycles. The quantitative estimate of drug-likeness (QED) is 0.856. The highest BCUT2D eigenvalue weighted by atomic mass is 32.2. The summed E-state index contributed by atoms with van der Waals surface area (Å²) in [6.07, 6.45) is -4.30. The maximum absolute atomic E-state index is 12.2. The van der Waals surface area contributed by atoms with Gasteiger partial charge in [-0.3, -0.25) is 9.59 Å². The van der Waals surface area contributed by atoms with E-state index in [9.17, 15) is 22.8 Å². The van der Waals surface area contributed by atoms with Gasteiger partial charge in [0.1, 0.15) is 5.75 Å². The summed E-state index contributed by atoms with van der Waals surface area (Å²) in [4.78, 5) is 24.4. The molecule has 0 atom stereocenters. The lowest BCUT2D eigenvalue weighted by molar-refractivity contribution is -0.274. The van der Waals surface area contributed by atoms with E-state index in [-0.39, 0.29) is 11.5 Å². The molecule has 3 rings (SSSR count). The lowest BCUT2D eigenvalue weighted by atomic mass is 10.1. The first-order valence-corrected chi connectivity index (χ1v) is 8.59. The van der Waals surface area contributed by atoms with Crippen molar-refractivity contribution >= 4 is 40.5 Å². The topological polar surface area (TPSA) is 55.4 Å². The fourth-order valence-electron chi connectivity index (χ4n) is 2.09. The number of carbonyl (C=O) groups excluding carboxylic acids is 2. The summed E-state index contributed by atoms with van der Waals surface area (Å²) in [7, 11) is 0. The molecule has 1 aliphatic rings. The molecule has 126 valence electrons. The van der Waals surface area contributed by atoms with Crippen molar-refractivity contribution in [1.82, 2.24) is 0 Å². The Morgan fingerprint density at radius 1 is 1.21 bits per heavy atom. The Morgan fingerprint density at radius 2 is 1.92 bits per heavy atom. The predicted molar refractivity (Wildman–Crippen MR) is 85.1 cm³/mol. The number of alkyl halides is 3. The van der Waals surface area contributed by atoms with Gasteiger partial charge < -0.3 is 10.1 Å². The van der Waals surface area contributed by atoms with E-state index in [1.54, 1.807) is 6.07 Å². The van der Waals surface area contributed by atoms with Gasteiger partial charge in [-0.1, -0.05) is 0 Å². The van der Waals surface area contributed by atoms with Crippen molar-refractivity contribution in [2.75, 3.05) is 11.1 Å². The molecular formula is C15H10F3NO3S2. The van der Waals surface area contributed by atoms with E-state index in [1.807, 2.05) is 0 Å². The van der Waals surface area contributed by atoms with Crippen LogP contribution in [-0.2, 0) is 0 Å². The standard InChI is InChI=1S/C15H10F3NO3S2/c16-15(17,18)22-9-3-1-8(2-4-9)19-13(21)12-7-10-11(20)5-6-23-14(10)24-12/h1-4,7H,5-6H2,(H,19,21). The average Bonchev–Trinajstić information content (AvgIpc) is 2.93. The molecule has 0 radical (unpaired) electrons. The van der Waals surface area contributed by atoms with Gasteiger partial charge in [0, 0.05) is 23.4 Å². The van der Waals surface area contributed by atoms with Crippen LogP contribution in [0.4, 0.5) is 18.9 Å². The molecular weight excluding hydrogens is 363 g/mol. The summed E-state index contributed by atoms with van der Waals surface area (Å²) in [5.74, 6) is -0.0530. The first kappa shape index (κ1) is 16.8. The molecule has 0 fully saturated rings. The molecule has 24 heavy (non-hydrogen) atoms. The third-order valence-corrected chi connectivity index (χ3v) is 5.55. The minimum Gasteiger partial charge on any atom is -0.406 e. The number of carbonyl (C=O) groups is 2. The van der Waals surface area contributed by atoms with Crippen LogP contribution in [-0.4, -0.2) is 23.8 Å². The average molecular weight is 373 g/mol. The van der Waals surface area contributed by atoms with E-state index in [2.05, 4.69) is 10.1 Å². The van der Waals surface area contributed by atoms with E-state index < -0.39 is 12.3 Å². The molecule has 1 aromatic carbocycles. The summed E-state index contributed by atoms with van der Waals surface area (Å²) in [5, 5.41) is 2.59. The molecule has 9 heteroatoms. The SMILES string of the molecule is O=C(Nc1ccc(OC(F)(F)F)cc1)c1cc2c(s1)SCCC2=O. The minimum absolute atomic E-state index is 0.0210. The Kier molecular flexibility index (Phi) is 4.55. The van der Waals surface area contributed by atoms with Crippen LogP contribution in [0.5, 0.6) is 5.75 Å². The first-order chi connectivity index (χ1) is 11.3. The van der Waals surface area contributed by atoms with Gasteiger partial charge in [0.2, 0.25) is 0 Å². The molecule has 4 nitrogen and oxygen atoms in total. The number of anilines is 1. The van der Waals surface area contributed by atoms with E-state index in [4.69, 9.17) is 0 Å². The number of thioether (sulfide) groups is 1. The molecule has 0 spiro atoms. The van der Waals surface area contributed by atoms with Crippen molar-refractivity contribution in [2.45, 2.75) is 17.0 Å². The van der Waals surface area contributed by atoms with Crippen molar-refractivity contribution in [1.29, 1.82) is 0 Å². The number of benzene rings is 1. The number of Topliss-reactive ketones (excluding diaryl/α,β-unsaturated/α-hetero) is 1. The molecule has 1 amide bonds. The zero-order valence-corrected chi connectivity index (χ0v) is 13.6. The highest BCUT2D eigenvalue weighted by molar-refractivity contribution is 8.01. The second-order valence-electron chi connectivity index (χ2n) is 4.86. The second kappa shape index (κ2) is 6.48. The molecule has 2 aromatic rings. The number of ether oxygens (including phenoxy) is 1. The molecule has 1 aromatic heterocycles. The molecule has 0 unspecified atom stereocenters. The Hall–Kier alpha value is -2.00. The largest absolute Gasteiger partial charge is 0.573 e. The molecule has 0 bridgehead atoms. The van der Waals surface area contributed by atoms with Crippen LogP contribution in [0.2, 0.25) is 0 Å². The van der Waals surface area contributed by atoms with E-state index in [0.29, 0.717) is 28.3 Å². The highest BCUT2D eigenvalue weighted by Gasteiger charge is 2.31. The van der Waals surface area contributed by atoms with Gasteiger partial charge in [0.05, 0.1) is 9.09 Å². The number of nitrogens with one attached hydrogen (secondary N) is 1. The lowest BCUT2D eigenvalue weighted by Crippen LogP contribution is -2.17. The number of halogens is 3. The van der Waals surface area contributed by atoms with Crippen molar-refractivity contribution in [3.8, 4) is 5.75 Å². The zero-order chi connectivity index (χ0) is 17.3. The van der Waals surface area contributed by atoms with Crippen molar-refractivity contribution < 1.29 is 27.5 Å². The fourth-order valence-corrected chi connectivity index (χ4v) is 4.45. The summed E-state index contributed by atoms with van der Waals surface area (Å²) >= 11 is 2.77. The lowest BCUT2D eigenvalue weighted by Gasteiger charge is -2.09. The number of hydrogen-bond acceptors (Lipinski definition) is 5. The van der Waals surface area contributed by atoms with Crippen molar-refractivity contribution in [3.63, 3.8) is 0 Å². The van der Waals surface area contributed by atoms with Gasteiger partial charge >= 0.3 is 6.36 Å². The van der Waals surface area contributed by atoms with Crippen molar-refractivity contribution in [3.05, 3.63) is 40.8 Å². The van der Waals surface area contributed by atoms with Gasteiger partial charge in [-0.05, 0) is 30.3 Å². The molecule has 1 N–H and O–H groups in total. The van der Waals surface area contributed by atoms with E-state index in [1.165, 1.54) is 35.2 Å². The number of rotatable bonds is 3. The summed E-state index contributed by atoms with van der Waals surface area (Å²) in [5.41, 5.74) is 0.898. The van der Waals surface area contributed by atoms with Gasteiger partial charge in [-0.15, -0.1) is 36.3 Å². The Labute approximate surface area is 143 Å². The third-order valence-electron chi connectivity index (χ3n) is 3.13. The Balaban J connectivity index is 1.70. The van der Waals surface area contributed by atoms with E-state index >= 15 is 0 Å². The number of ketones is 1. The van der Waals surface area contributed by atoms with Gasteiger partial charge in [0.15, 0.2) is 5.78 Å². The molecule has 0 aliphatic carbocycles. The van der Waals surface area contributed by atoms with Crippen LogP contribution in [0.1, 0.15) is 26.5 Å². The maximum Gasteiger partial charge on any atom is 0.573 e. The number of amides is 1. The van der Waals surface area contributed by atoms with Gasteiger partial charge in [0.25, 0.3) is 5.91 Å². The molecule has 0 saturated heterocycles. The van der Waals surface area contributed by atoms with E-state index in [0.717, 1.165) is 16.3 Å². The van der Waals surface area contributed by atoms with Crippen LogP contribution in [0.15, 0.2) is 34.5 Å². The molecule has 1 aliphatic heterocycles. The van der Waals surface area contributed by atoms with Crippen LogP contribution in [0, 0.1) is 0 Å². The third kappa shape index (κ3) is 3.90. The summed E-state index contributed by atoms with van der Waals surface area (Å²) < 4.78 is 40.9. The smallest absolute Gasteiger partial charge is 0.406 e. The van der Waals surface area contributed by atoms with Crippen LogP contribution in [0.25, 0.3) is 0 Å². The number of thiophene rings is 1. The minimum atomic E-state index is -4.76. The van der Waals surface area contributed by atoms with Gasteiger partial charge in [-0.2, -0.15) is 0 Å². The number of hydrogen-bond donors (Lipinski definition) is 1. The maximum atomic E-state index is 12.2. The fraction of sp³-hybridized carbons (Fsp3) is 0.200.